The van der Waals surface area contributed by atoms with Crippen LogP contribution in [0.1, 0.15) is 29.7 Å². The van der Waals surface area contributed by atoms with Gasteiger partial charge in [0.15, 0.2) is 0 Å². The first-order chi connectivity index (χ1) is 14.0. The van der Waals surface area contributed by atoms with Gasteiger partial charge < -0.3 is 10.6 Å². The fraction of sp³-hybridized carbons (Fsp3) is 0.174. The van der Waals surface area contributed by atoms with Crippen LogP contribution in [0.4, 0.5) is 10.5 Å². The molecule has 0 bridgehead atoms. The molecule has 3 aromatic heterocycles. The lowest BCUT2D eigenvalue weighted by molar-refractivity contribution is 0.249. The summed E-state index contributed by atoms with van der Waals surface area (Å²) in [6, 6.07) is 15.5. The number of anilines is 1. The summed E-state index contributed by atoms with van der Waals surface area (Å²) in [6.45, 7) is 6.04. The van der Waals surface area contributed by atoms with Gasteiger partial charge in [0.05, 0.1) is 29.1 Å². The average Bonchev–Trinajstić information content (AvgIpc) is 3.06. The van der Waals surface area contributed by atoms with E-state index in [1.54, 1.807) is 12.4 Å². The first-order valence-electron chi connectivity index (χ1n) is 9.55. The lowest BCUT2D eigenvalue weighted by Crippen LogP contribution is -2.31. The Balaban J connectivity index is 1.58. The van der Waals surface area contributed by atoms with Crippen molar-refractivity contribution in [3.63, 3.8) is 0 Å². The first-order valence-corrected chi connectivity index (χ1v) is 9.55. The number of pyridine rings is 2. The van der Waals surface area contributed by atoms with Crippen LogP contribution in [-0.2, 0) is 0 Å². The topological polar surface area (TPSA) is 71.3 Å². The van der Waals surface area contributed by atoms with E-state index in [1.807, 2.05) is 61.0 Å². The van der Waals surface area contributed by atoms with E-state index >= 15 is 0 Å². The lowest BCUT2D eigenvalue weighted by Gasteiger charge is -2.15. The van der Waals surface area contributed by atoms with E-state index in [0.29, 0.717) is 5.69 Å². The molecule has 0 aliphatic carbocycles. The summed E-state index contributed by atoms with van der Waals surface area (Å²) >= 11 is 0. The van der Waals surface area contributed by atoms with Crippen LogP contribution >= 0.6 is 0 Å². The lowest BCUT2D eigenvalue weighted by atomic mass is 10.1. The maximum atomic E-state index is 12.5. The van der Waals surface area contributed by atoms with Crippen molar-refractivity contribution in [2.45, 2.75) is 26.8 Å². The standard InChI is InChI=1S/C23H23N5O/c1-15-13-20(26-23(29)25-17(3)18-9-11-24-12-10-18)14-28-22(15)16(2)21(27-28)19-7-5-4-6-8-19/h4-14,17H,1-3H3,(H2,25,26,29). The van der Waals surface area contributed by atoms with E-state index in [1.165, 1.54) is 0 Å². The van der Waals surface area contributed by atoms with Crippen LogP contribution in [-0.4, -0.2) is 20.6 Å². The van der Waals surface area contributed by atoms with Gasteiger partial charge in [-0.05, 0) is 50.1 Å². The fourth-order valence-electron chi connectivity index (χ4n) is 3.60. The Kier molecular flexibility index (Phi) is 4.99. The summed E-state index contributed by atoms with van der Waals surface area (Å²) in [6.07, 6.45) is 5.28. The SMILES string of the molecule is Cc1cc(NC(=O)NC(C)c2ccncc2)cn2nc(-c3ccccc3)c(C)c12. The minimum atomic E-state index is -0.264. The molecular weight excluding hydrogens is 362 g/mol. The summed E-state index contributed by atoms with van der Waals surface area (Å²) in [4.78, 5) is 16.5. The van der Waals surface area contributed by atoms with Crippen LogP contribution in [0.25, 0.3) is 16.8 Å². The molecule has 0 radical (unpaired) electrons. The van der Waals surface area contributed by atoms with Crippen molar-refractivity contribution in [1.29, 1.82) is 0 Å². The van der Waals surface area contributed by atoms with Crippen LogP contribution in [0.2, 0.25) is 0 Å². The number of carbonyl (C=O) groups is 1. The fourth-order valence-corrected chi connectivity index (χ4v) is 3.60. The highest BCUT2D eigenvalue weighted by atomic mass is 16.2. The molecule has 1 atom stereocenters. The van der Waals surface area contributed by atoms with Crippen molar-refractivity contribution < 1.29 is 4.79 Å². The summed E-state index contributed by atoms with van der Waals surface area (Å²) < 4.78 is 1.84. The molecule has 146 valence electrons. The Morgan fingerprint density at radius 3 is 2.52 bits per heavy atom. The Hall–Kier alpha value is -3.67. The third kappa shape index (κ3) is 3.82. The van der Waals surface area contributed by atoms with Crippen molar-refractivity contribution in [3.05, 3.63) is 83.8 Å². The molecule has 0 saturated heterocycles. The molecule has 4 rings (SSSR count). The van der Waals surface area contributed by atoms with Gasteiger partial charge in [-0.1, -0.05) is 30.3 Å². The number of hydrogen-bond donors (Lipinski definition) is 2. The number of aromatic nitrogens is 3. The Morgan fingerprint density at radius 1 is 1.07 bits per heavy atom. The molecule has 6 nitrogen and oxygen atoms in total. The van der Waals surface area contributed by atoms with Crippen LogP contribution in [0.3, 0.4) is 0 Å². The van der Waals surface area contributed by atoms with Gasteiger partial charge in [-0.2, -0.15) is 5.10 Å². The second kappa shape index (κ2) is 7.75. The highest BCUT2D eigenvalue weighted by molar-refractivity contribution is 5.90. The summed E-state index contributed by atoms with van der Waals surface area (Å²) in [5.74, 6) is 0. The number of urea groups is 1. The second-order valence-corrected chi connectivity index (χ2v) is 7.15. The number of fused-ring (bicyclic) bond motifs is 1. The third-order valence-electron chi connectivity index (χ3n) is 5.01. The zero-order chi connectivity index (χ0) is 20.4. The molecule has 6 heteroatoms. The minimum Gasteiger partial charge on any atom is -0.331 e. The molecule has 0 fully saturated rings. The summed E-state index contributed by atoms with van der Waals surface area (Å²) in [5.41, 5.74) is 6.94. The van der Waals surface area contributed by atoms with E-state index in [9.17, 15) is 4.79 Å². The molecule has 0 aliphatic heterocycles. The molecule has 0 aliphatic rings. The number of carbonyl (C=O) groups excluding carboxylic acids is 1. The van der Waals surface area contributed by atoms with Crippen molar-refractivity contribution in [1.82, 2.24) is 19.9 Å². The molecule has 29 heavy (non-hydrogen) atoms. The highest BCUT2D eigenvalue weighted by Gasteiger charge is 2.15. The van der Waals surface area contributed by atoms with Crippen molar-refractivity contribution in [3.8, 4) is 11.3 Å². The molecule has 2 amide bonds. The molecule has 0 spiro atoms. The summed E-state index contributed by atoms with van der Waals surface area (Å²) in [7, 11) is 0. The second-order valence-electron chi connectivity index (χ2n) is 7.15. The van der Waals surface area contributed by atoms with E-state index in [-0.39, 0.29) is 12.1 Å². The normalized spacial score (nSPS) is 12.0. The minimum absolute atomic E-state index is 0.126. The average molecular weight is 385 g/mol. The van der Waals surface area contributed by atoms with E-state index in [2.05, 4.69) is 34.7 Å². The van der Waals surface area contributed by atoms with Gasteiger partial charge in [-0.3, -0.25) is 4.98 Å². The number of aryl methyl sites for hydroxylation is 2. The molecule has 1 unspecified atom stereocenters. The number of nitrogens with zero attached hydrogens (tertiary/aromatic N) is 3. The smallest absolute Gasteiger partial charge is 0.319 e. The zero-order valence-electron chi connectivity index (χ0n) is 16.7. The Bertz CT molecular complexity index is 1150. The molecule has 1 aromatic carbocycles. The van der Waals surface area contributed by atoms with Crippen molar-refractivity contribution in [2.75, 3.05) is 5.32 Å². The van der Waals surface area contributed by atoms with Crippen LogP contribution in [0.5, 0.6) is 0 Å². The largest absolute Gasteiger partial charge is 0.331 e. The third-order valence-corrected chi connectivity index (χ3v) is 5.01. The van der Waals surface area contributed by atoms with Crippen LogP contribution < -0.4 is 10.6 Å². The number of rotatable bonds is 4. The van der Waals surface area contributed by atoms with Gasteiger partial charge in [-0.25, -0.2) is 9.31 Å². The highest BCUT2D eigenvalue weighted by Crippen LogP contribution is 2.28. The van der Waals surface area contributed by atoms with Gasteiger partial charge in [-0.15, -0.1) is 0 Å². The predicted molar refractivity (Wildman–Crippen MR) is 115 cm³/mol. The number of hydrogen-bond acceptors (Lipinski definition) is 3. The maximum absolute atomic E-state index is 12.5. The van der Waals surface area contributed by atoms with Gasteiger partial charge >= 0.3 is 6.03 Å². The molecular formula is C23H23N5O. The number of benzene rings is 1. The van der Waals surface area contributed by atoms with Gasteiger partial charge in [0.25, 0.3) is 0 Å². The van der Waals surface area contributed by atoms with Gasteiger partial charge in [0.2, 0.25) is 0 Å². The molecule has 0 saturated carbocycles. The van der Waals surface area contributed by atoms with E-state index in [0.717, 1.165) is 33.5 Å². The van der Waals surface area contributed by atoms with Crippen molar-refractivity contribution in [2.24, 2.45) is 0 Å². The van der Waals surface area contributed by atoms with Gasteiger partial charge in [0, 0.05) is 23.5 Å². The Labute approximate surface area is 169 Å². The zero-order valence-corrected chi connectivity index (χ0v) is 16.7. The van der Waals surface area contributed by atoms with E-state index < -0.39 is 0 Å². The summed E-state index contributed by atoms with van der Waals surface area (Å²) in [5, 5.41) is 10.6. The first kappa shape index (κ1) is 18.7. The molecule has 2 N–H and O–H groups in total. The van der Waals surface area contributed by atoms with E-state index in [4.69, 9.17) is 5.10 Å². The predicted octanol–water partition coefficient (Wildman–Crippen LogP) is 4.90. The number of amides is 2. The number of nitrogens with one attached hydrogen (secondary N) is 2. The van der Waals surface area contributed by atoms with Crippen LogP contribution in [0.15, 0.2) is 67.1 Å². The Morgan fingerprint density at radius 2 is 1.79 bits per heavy atom. The van der Waals surface area contributed by atoms with Crippen molar-refractivity contribution >= 4 is 17.2 Å². The molecule has 4 aromatic rings. The monoisotopic (exact) mass is 385 g/mol. The maximum Gasteiger partial charge on any atom is 0.319 e. The molecule has 3 heterocycles. The quantitative estimate of drug-likeness (QED) is 0.525. The van der Waals surface area contributed by atoms with Gasteiger partial charge in [0.1, 0.15) is 0 Å². The van der Waals surface area contributed by atoms with Crippen LogP contribution in [0, 0.1) is 13.8 Å².